The molecule has 4 aliphatic carbocycles. The molecule has 0 bridgehead atoms. The molecule has 0 heterocycles. The fourth-order valence-electron chi connectivity index (χ4n) is 8.98. The van der Waals surface area contributed by atoms with Crippen molar-refractivity contribution in [3.63, 3.8) is 0 Å². The van der Waals surface area contributed by atoms with Crippen LogP contribution in [0, 0.1) is 40.4 Å². The maximum absolute atomic E-state index is 11.5. The second kappa shape index (κ2) is 10.4. The van der Waals surface area contributed by atoms with Crippen LogP contribution in [0.25, 0.3) is 0 Å². The molecule has 35 heavy (non-hydrogen) atoms. The Hall–Kier alpha value is -1.58. The number of hydrogen-bond acceptors (Lipinski definition) is 4. The number of carbonyl (C=O) groups excluding carboxylic acids is 2. The van der Waals surface area contributed by atoms with Crippen molar-refractivity contribution in [2.45, 2.75) is 118 Å². The van der Waals surface area contributed by atoms with Crippen LogP contribution in [0.15, 0.2) is 23.8 Å². The van der Waals surface area contributed by atoms with Crippen molar-refractivity contribution in [2.75, 3.05) is 0 Å². The van der Waals surface area contributed by atoms with Crippen LogP contribution in [0.2, 0.25) is 0 Å². The van der Waals surface area contributed by atoms with Gasteiger partial charge >= 0.3 is 11.9 Å². The van der Waals surface area contributed by atoms with E-state index in [1.807, 2.05) is 0 Å². The summed E-state index contributed by atoms with van der Waals surface area (Å²) in [7, 11) is 0. The normalized spacial score (nSPS) is 40.2. The summed E-state index contributed by atoms with van der Waals surface area (Å²) in [5.74, 6) is 3.35. The molecule has 0 aliphatic heterocycles. The van der Waals surface area contributed by atoms with E-state index in [0.29, 0.717) is 11.3 Å². The summed E-state index contributed by atoms with van der Waals surface area (Å²) in [6.07, 6.45) is 18.7. The highest BCUT2D eigenvalue weighted by molar-refractivity contribution is 5.66. The minimum atomic E-state index is -0.181. The second-order valence-electron chi connectivity index (χ2n) is 12.6. The molecular weight excluding hydrogens is 436 g/mol. The largest absolute Gasteiger partial charge is 0.462 e. The van der Waals surface area contributed by atoms with Gasteiger partial charge in [0.05, 0.1) is 0 Å². The summed E-state index contributed by atoms with van der Waals surface area (Å²) in [4.78, 5) is 22.8. The highest BCUT2D eigenvalue weighted by Crippen LogP contribution is 2.67. The van der Waals surface area contributed by atoms with Crippen LogP contribution >= 0.6 is 0 Å². The lowest BCUT2D eigenvalue weighted by Gasteiger charge is -2.58. The fourth-order valence-corrected chi connectivity index (χ4v) is 8.98. The van der Waals surface area contributed by atoms with E-state index in [-0.39, 0.29) is 29.6 Å². The standard InChI is InChI=1S/C31H48O4/c1-7-24(34-21(3)32)10-8-9-20(2)27-13-14-28-26-12-11-23-19-25(35-22(4)33)15-17-30(23,5)29(26)16-18-31(27,28)6/h8-9,11,20,24-29H,7,10,12-19H2,1-6H3/b9-8+/t20-,24?,25+,26?,27-,28+,29?,30+,31-/m1/s1. The monoisotopic (exact) mass is 484 g/mol. The minimum absolute atomic E-state index is 0.00166. The van der Waals surface area contributed by atoms with Crippen molar-refractivity contribution >= 4 is 11.9 Å². The zero-order valence-corrected chi connectivity index (χ0v) is 23.0. The van der Waals surface area contributed by atoms with E-state index in [4.69, 9.17) is 9.47 Å². The van der Waals surface area contributed by atoms with Crippen LogP contribution in [0.5, 0.6) is 0 Å². The topological polar surface area (TPSA) is 52.6 Å². The molecule has 4 aliphatic rings. The average molecular weight is 485 g/mol. The molecular formula is C31H48O4. The van der Waals surface area contributed by atoms with Crippen molar-refractivity contribution in [2.24, 2.45) is 40.4 Å². The first-order valence-electron chi connectivity index (χ1n) is 14.3. The maximum atomic E-state index is 11.5. The Balaban J connectivity index is 1.43. The molecule has 0 aromatic rings. The summed E-state index contributed by atoms with van der Waals surface area (Å²) in [6.45, 7) is 12.6. The third-order valence-corrected chi connectivity index (χ3v) is 10.7. The molecule has 4 heteroatoms. The van der Waals surface area contributed by atoms with Crippen LogP contribution in [-0.2, 0) is 19.1 Å². The lowest BCUT2D eigenvalue weighted by Crippen LogP contribution is -2.51. The zero-order chi connectivity index (χ0) is 25.4. The van der Waals surface area contributed by atoms with Gasteiger partial charge in [-0.1, -0.05) is 51.5 Å². The van der Waals surface area contributed by atoms with E-state index in [0.717, 1.165) is 55.8 Å². The highest BCUT2D eigenvalue weighted by atomic mass is 16.5. The number of ether oxygens (including phenoxy) is 2. The smallest absolute Gasteiger partial charge is 0.302 e. The Labute approximate surface area is 213 Å². The third kappa shape index (κ3) is 5.14. The predicted octanol–water partition coefficient (Wildman–Crippen LogP) is 7.42. The Bertz CT molecular complexity index is 858. The van der Waals surface area contributed by atoms with Gasteiger partial charge in [-0.2, -0.15) is 0 Å². The van der Waals surface area contributed by atoms with Crippen molar-refractivity contribution in [1.82, 2.24) is 0 Å². The van der Waals surface area contributed by atoms with Gasteiger partial charge in [-0.15, -0.1) is 0 Å². The number of fused-ring (bicyclic) bond motifs is 5. The molecule has 4 rings (SSSR count). The quantitative estimate of drug-likeness (QED) is 0.279. The molecule has 0 amide bonds. The molecule has 3 unspecified atom stereocenters. The molecule has 0 aromatic carbocycles. The Morgan fingerprint density at radius 3 is 2.54 bits per heavy atom. The van der Waals surface area contributed by atoms with Gasteiger partial charge in [-0.25, -0.2) is 0 Å². The van der Waals surface area contributed by atoms with Crippen LogP contribution in [0.3, 0.4) is 0 Å². The second-order valence-corrected chi connectivity index (χ2v) is 12.6. The Morgan fingerprint density at radius 1 is 1.09 bits per heavy atom. The summed E-state index contributed by atoms with van der Waals surface area (Å²) in [5, 5.41) is 0. The zero-order valence-electron chi connectivity index (χ0n) is 23.0. The Kier molecular flexibility index (Phi) is 7.88. The molecule has 0 radical (unpaired) electrons. The molecule has 3 saturated carbocycles. The van der Waals surface area contributed by atoms with Gasteiger partial charge in [0, 0.05) is 26.7 Å². The average Bonchev–Trinajstić information content (AvgIpc) is 3.15. The first kappa shape index (κ1) is 26.5. The van der Waals surface area contributed by atoms with E-state index in [1.165, 1.54) is 46.0 Å². The van der Waals surface area contributed by atoms with Gasteiger partial charge in [0.1, 0.15) is 12.2 Å². The summed E-state index contributed by atoms with van der Waals surface area (Å²) in [6, 6.07) is 0. The van der Waals surface area contributed by atoms with Crippen molar-refractivity contribution < 1.29 is 19.1 Å². The van der Waals surface area contributed by atoms with E-state index >= 15 is 0 Å². The van der Waals surface area contributed by atoms with Crippen LogP contribution < -0.4 is 0 Å². The van der Waals surface area contributed by atoms with Crippen molar-refractivity contribution in [3.05, 3.63) is 23.8 Å². The van der Waals surface area contributed by atoms with Gasteiger partial charge < -0.3 is 9.47 Å². The van der Waals surface area contributed by atoms with Crippen molar-refractivity contribution in [1.29, 1.82) is 0 Å². The lowest BCUT2D eigenvalue weighted by atomic mass is 9.47. The first-order chi connectivity index (χ1) is 16.6. The molecule has 0 N–H and O–H groups in total. The summed E-state index contributed by atoms with van der Waals surface area (Å²) >= 11 is 0. The SMILES string of the molecule is CCC(C/C=C/[C@@H](C)[C@H]1CC[C@H]2C3CC=C4C[C@@H](OC(C)=O)CC[C@]4(C)C3CC[C@]12C)OC(C)=O. The first-order valence-corrected chi connectivity index (χ1v) is 14.3. The van der Waals surface area contributed by atoms with Crippen LogP contribution in [-0.4, -0.2) is 24.1 Å². The van der Waals surface area contributed by atoms with Gasteiger partial charge in [0.2, 0.25) is 0 Å². The maximum Gasteiger partial charge on any atom is 0.302 e. The molecule has 3 fully saturated rings. The Morgan fingerprint density at radius 2 is 1.86 bits per heavy atom. The molecule has 9 atom stereocenters. The highest BCUT2D eigenvalue weighted by Gasteiger charge is 2.59. The van der Waals surface area contributed by atoms with Gasteiger partial charge in [0.15, 0.2) is 0 Å². The van der Waals surface area contributed by atoms with E-state index in [1.54, 1.807) is 5.57 Å². The number of carbonyl (C=O) groups is 2. The predicted molar refractivity (Wildman–Crippen MR) is 140 cm³/mol. The van der Waals surface area contributed by atoms with Gasteiger partial charge in [-0.3, -0.25) is 9.59 Å². The van der Waals surface area contributed by atoms with E-state index in [9.17, 15) is 9.59 Å². The number of esters is 2. The molecule has 0 saturated heterocycles. The van der Waals surface area contributed by atoms with Crippen molar-refractivity contribution in [3.8, 4) is 0 Å². The molecule has 4 nitrogen and oxygen atoms in total. The van der Waals surface area contributed by atoms with Crippen LogP contribution in [0.4, 0.5) is 0 Å². The van der Waals surface area contributed by atoms with Gasteiger partial charge in [-0.05, 0) is 91.8 Å². The minimum Gasteiger partial charge on any atom is -0.462 e. The van der Waals surface area contributed by atoms with Crippen LogP contribution in [0.1, 0.15) is 106 Å². The fraction of sp³-hybridized carbons (Fsp3) is 0.806. The lowest BCUT2D eigenvalue weighted by molar-refractivity contribution is -0.149. The number of hydrogen-bond donors (Lipinski definition) is 0. The third-order valence-electron chi connectivity index (χ3n) is 10.7. The molecule has 0 aromatic heterocycles. The number of allylic oxidation sites excluding steroid dienone is 2. The summed E-state index contributed by atoms with van der Waals surface area (Å²) in [5.41, 5.74) is 2.28. The van der Waals surface area contributed by atoms with Gasteiger partial charge in [0.25, 0.3) is 0 Å². The molecule has 196 valence electrons. The van der Waals surface area contributed by atoms with E-state index < -0.39 is 0 Å². The van der Waals surface area contributed by atoms with E-state index in [2.05, 4.69) is 45.9 Å². The number of rotatable bonds is 7. The summed E-state index contributed by atoms with van der Waals surface area (Å²) < 4.78 is 11.0. The molecule has 0 spiro atoms.